The summed E-state index contributed by atoms with van der Waals surface area (Å²) in [5, 5.41) is 3.27. The molecule has 0 unspecified atom stereocenters. The third kappa shape index (κ3) is 5.85. The zero-order valence-corrected chi connectivity index (χ0v) is 16.9. The number of ether oxygens (including phenoxy) is 1. The van der Waals surface area contributed by atoms with Crippen LogP contribution in [0.25, 0.3) is 0 Å². The number of aromatic nitrogens is 2. The summed E-state index contributed by atoms with van der Waals surface area (Å²) in [6, 6.07) is 7.30. The number of halogens is 3. The maximum absolute atomic E-state index is 12.4. The second kappa shape index (κ2) is 8.90. The number of nitrogens with one attached hydrogen (secondary N) is 1. The van der Waals surface area contributed by atoms with Crippen molar-refractivity contribution in [2.45, 2.75) is 31.5 Å². The highest BCUT2D eigenvalue weighted by Gasteiger charge is 2.29. The normalized spacial score (nSPS) is 19.1. The highest BCUT2D eigenvalue weighted by atomic mass is 32.2. The van der Waals surface area contributed by atoms with Gasteiger partial charge in [0.15, 0.2) is 5.17 Å². The van der Waals surface area contributed by atoms with Gasteiger partial charge in [0.25, 0.3) is 5.91 Å². The van der Waals surface area contributed by atoms with Gasteiger partial charge in [-0.1, -0.05) is 23.9 Å². The lowest BCUT2D eigenvalue weighted by Gasteiger charge is -2.30. The third-order valence-electron chi connectivity index (χ3n) is 4.43. The van der Waals surface area contributed by atoms with Gasteiger partial charge in [0.1, 0.15) is 5.69 Å². The average molecular weight is 439 g/mol. The Kier molecular flexibility index (Phi) is 6.49. The second-order valence-electron chi connectivity index (χ2n) is 6.81. The molecule has 1 aliphatic heterocycles. The molecule has 3 N–H and O–H groups in total. The topological polar surface area (TPSA) is 102 Å². The summed E-state index contributed by atoms with van der Waals surface area (Å²) in [6.45, 7) is 1.42. The first kappa shape index (κ1) is 21.9. The van der Waals surface area contributed by atoms with Crippen LogP contribution in [-0.4, -0.2) is 39.6 Å². The van der Waals surface area contributed by atoms with Crippen molar-refractivity contribution in [1.82, 2.24) is 9.97 Å². The molecular weight excluding hydrogens is 419 g/mol. The second-order valence-corrected chi connectivity index (χ2v) is 7.93. The van der Waals surface area contributed by atoms with E-state index in [2.05, 4.69) is 20.3 Å². The fourth-order valence-electron chi connectivity index (χ4n) is 2.80. The number of carbonyl (C=O) groups excluding carboxylic acids is 1. The molecule has 0 spiro atoms. The van der Waals surface area contributed by atoms with E-state index in [1.54, 1.807) is 6.07 Å². The highest BCUT2D eigenvalue weighted by Crippen LogP contribution is 2.35. The molecule has 0 bridgehead atoms. The summed E-state index contributed by atoms with van der Waals surface area (Å²) in [6.07, 6.45) is -2.34. The van der Waals surface area contributed by atoms with Gasteiger partial charge >= 0.3 is 6.18 Å². The first-order valence-corrected chi connectivity index (χ1v) is 10.0. The minimum Gasteiger partial charge on any atom is -0.476 e. The number of hydrogen-bond acceptors (Lipinski definition) is 7. The average Bonchev–Trinajstić information content (AvgIpc) is 2.67. The fraction of sp³-hybridized carbons (Fsp3) is 0.368. The lowest BCUT2D eigenvalue weighted by atomic mass is 9.89. The van der Waals surface area contributed by atoms with Crippen LogP contribution in [0.15, 0.2) is 41.7 Å². The lowest BCUT2D eigenvalue weighted by molar-refractivity contribution is -0.139. The summed E-state index contributed by atoms with van der Waals surface area (Å²) in [7, 11) is 0. The van der Waals surface area contributed by atoms with Gasteiger partial charge in [0.2, 0.25) is 5.88 Å². The Morgan fingerprint density at radius 1 is 1.33 bits per heavy atom. The van der Waals surface area contributed by atoms with E-state index < -0.39 is 30.7 Å². The molecule has 2 aromatic rings. The molecule has 0 saturated heterocycles. The summed E-state index contributed by atoms with van der Waals surface area (Å²) in [5.41, 5.74) is 6.88. The number of amides is 1. The summed E-state index contributed by atoms with van der Waals surface area (Å²) in [4.78, 5) is 24.7. The van der Waals surface area contributed by atoms with E-state index in [1.807, 2.05) is 25.1 Å². The monoisotopic (exact) mass is 439 g/mol. The van der Waals surface area contributed by atoms with Gasteiger partial charge < -0.3 is 15.8 Å². The summed E-state index contributed by atoms with van der Waals surface area (Å²) < 4.78 is 41.3. The van der Waals surface area contributed by atoms with Gasteiger partial charge in [-0.3, -0.25) is 9.79 Å². The fourth-order valence-corrected chi connectivity index (χ4v) is 3.78. The quantitative estimate of drug-likeness (QED) is 0.711. The largest absolute Gasteiger partial charge is 0.476 e. The van der Waals surface area contributed by atoms with E-state index in [-0.39, 0.29) is 11.6 Å². The Balaban J connectivity index is 1.64. The smallest absolute Gasteiger partial charge is 0.392 e. The van der Waals surface area contributed by atoms with Crippen LogP contribution >= 0.6 is 11.8 Å². The summed E-state index contributed by atoms with van der Waals surface area (Å²) in [5.74, 6) is 0.264. The summed E-state index contributed by atoms with van der Waals surface area (Å²) >= 11 is 1.51. The van der Waals surface area contributed by atoms with Gasteiger partial charge in [-0.05, 0) is 31.0 Å². The van der Waals surface area contributed by atoms with Crippen LogP contribution in [0.2, 0.25) is 0 Å². The van der Waals surface area contributed by atoms with E-state index in [0.29, 0.717) is 10.9 Å². The minimum absolute atomic E-state index is 0.00566. The van der Waals surface area contributed by atoms with Crippen molar-refractivity contribution in [3.05, 3.63) is 47.9 Å². The Bertz CT molecular complexity index is 937. The molecule has 3 rings (SSSR count). The number of benzene rings is 1. The van der Waals surface area contributed by atoms with Crippen LogP contribution in [0.4, 0.5) is 18.9 Å². The molecule has 0 saturated carbocycles. The van der Waals surface area contributed by atoms with Crippen molar-refractivity contribution in [2.24, 2.45) is 10.7 Å². The van der Waals surface area contributed by atoms with E-state index >= 15 is 0 Å². The SMILES string of the molecule is C[C@@]1(c2cccc(NC(=O)c3cnc(OCCC(F)(F)F)cn3)c2)CCSC(N)=N1. The molecule has 11 heteroatoms. The van der Waals surface area contributed by atoms with Crippen molar-refractivity contribution in [2.75, 3.05) is 17.7 Å². The maximum Gasteiger partial charge on any atom is 0.392 e. The molecule has 1 amide bonds. The van der Waals surface area contributed by atoms with Gasteiger partial charge in [0, 0.05) is 11.4 Å². The maximum atomic E-state index is 12.4. The molecule has 7 nitrogen and oxygen atoms in total. The number of nitrogens with zero attached hydrogens (tertiary/aromatic N) is 3. The molecule has 160 valence electrons. The van der Waals surface area contributed by atoms with Crippen LogP contribution in [0.3, 0.4) is 0 Å². The molecule has 1 aromatic carbocycles. The van der Waals surface area contributed by atoms with Crippen molar-refractivity contribution in [3.8, 4) is 5.88 Å². The highest BCUT2D eigenvalue weighted by molar-refractivity contribution is 8.13. The van der Waals surface area contributed by atoms with E-state index in [0.717, 1.165) is 30.1 Å². The Morgan fingerprint density at radius 3 is 2.80 bits per heavy atom. The van der Waals surface area contributed by atoms with Gasteiger partial charge in [-0.15, -0.1) is 0 Å². The Hall–Kier alpha value is -2.82. The third-order valence-corrected chi connectivity index (χ3v) is 5.23. The van der Waals surface area contributed by atoms with Crippen molar-refractivity contribution in [3.63, 3.8) is 0 Å². The van der Waals surface area contributed by atoms with E-state index in [9.17, 15) is 18.0 Å². The molecule has 1 atom stereocenters. The minimum atomic E-state index is -4.31. The van der Waals surface area contributed by atoms with Crippen LogP contribution in [0, 0.1) is 0 Å². The first-order chi connectivity index (χ1) is 14.1. The number of anilines is 1. The van der Waals surface area contributed by atoms with Crippen molar-refractivity contribution >= 4 is 28.5 Å². The Labute approximate surface area is 175 Å². The van der Waals surface area contributed by atoms with Gasteiger partial charge in [-0.25, -0.2) is 9.97 Å². The zero-order chi connectivity index (χ0) is 21.8. The first-order valence-electron chi connectivity index (χ1n) is 9.06. The molecule has 0 aliphatic carbocycles. The zero-order valence-electron chi connectivity index (χ0n) is 16.1. The molecule has 30 heavy (non-hydrogen) atoms. The van der Waals surface area contributed by atoms with Gasteiger partial charge in [0.05, 0.1) is 31.0 Å². The van der Waals surface area contributed by atoms with Gasteiger partial charge in [-0.2, -0.15) is 13.2 Å². The molecule has 1 aliphatic rings. The van der Waals surface area contributed by atoms with Crippen LogP contribution in [0.1, 0.15) is 35.8 Å². The van der Waals surface area contributed by atoms with Crippen LogP contribution < -0.4 is 15.8 Å². The van der Waals surface area contributed by atoms with E-state index in [1.165, 1.54) is 11.8 Å². The standard InChI is InChI=1S/C19H20F3N5O2S/c1-18(6-8-30-17(23)27-18)12-3-2-4-13(9-12)26-16(28)14-10-25-15(11-24-14)29-7-5-19(20,21)22/h2-4,9-11H,5-8H2,1H3,(H2,23,27)(H,26,28)/t18-/m0/s1. The van der Waals surface area contributed by atoms with E-state index in [4.69, 9.17) is 10.5 Å². The van der Waals surface area contributed by atoms with Crippen LogP contribution in [-0.2, 0) is 5.54 Å². The molecule has 2 heterocycles. The number of rotatable bonds is 6. The number of thioether (sulfide) groups is 1. The molecule has 0 fully saturated rings. The molecular formula is C19H20F3N5O2S. The molecule has 0 radical (unpaired) electrons. The number of hydrogen-bond donors (Lipinski definition) is 2. The number of carbonyl (C=O) groups is 1. The number of amidine groups is 1. The van der Waals surface area contributed by atoms with Crippen LogP contribution in [0.5, 0.6) is 5.88 Å². The number of alkyl halides is 3. The lowest BCUT2D eigenvalue weighted by Crippen LogP contribution is -2.28. The van der Waals surface area contributed by atoms with Crippen molar-refractivity contribution < 1.29 is 22.7 Å². The number of aliphatic imine (C=N–C) groups is 1. The van der Waals surface area contributed by atoms with Crippen molar-refractivity contribution in [1.29, 1.82) is 0 Å². The Morgan fingerprint density at radius 2 is 2.13 bits per heavy atom. The predicted octanol–water partition coefficient (Wildman–Crippen LogP) is 3.73. The molecule has 1 aromatic heterocycles. The predicted molar refractivity (Wildman–Crippen MR) is 109 cm³/mol. The number of nitrogens with two attached hydrogens (primary N) is 1.